The highest BCUT2D eigenvalue weighted by Gasteiger charge is 2.27. The summed E-state index contributed by atoms with van der Waals surface area (Å²) in [6.45, 7) is 12.5. The molecule has 0 aromatic rings. The van der Waals surface area contributed by atoms with Gasteiger partial charge in [-0.2, -0.15) is 0 Å². The van der Waals surface area contributed by atoms with Gasteiger partial charge in [0, 0.05) is 12.6 Å². The molecule has 1 rings (SSSR count). The topological polar surface area (TPSA) is 41.1 Å². The van der Waals surface area contributed by atoms with Crippen LogP contribution in [0.2, 0.25) is 0 Å². The lowest BCUT2D eigenvalue weighted by molar-refractivity contribution is -0.120. The standard InChI is InChI=1S/C17H34N2O/c1-13(2)11-19-16(20)12-18-15-8-6-7-14(9-10-15)17(3,4)5/h13-15,18H,6-12H2,1-5H3,(H,19,20). The van der Waals surface area contributed by atoms with E-state index in [1.54, 1.807) is 0 Å². The number of rotatable bonds is 5. The van der Waals surface area contributed by atoms with Gasteiger partial charge in [0.05, 0.1) is 6.54 Å². The summed E-state index contributed by atoms with van der Waals surface area (Å²) in [6.07, 6.45) is 6.33. The molecule has 1 fully saturated rings. The molecule has 0 heterocycles. The fraction of sp³-hybridized carbons (Fsp3) is 0.941. The second-order valence-electron chi connectivity index (χ2n) is 7.85. The molecule has 0 radical (unpaired) electrons. The molecular weight excluding hydrogens is 248 g/mol. The van der Waals surface area contributed by atoms with Crippen LogP contribution in [0.25, 0.3) is 0 Å². The highest BCUT2D eigenvalue weighted by Crippen LogP contribution is 2.36. The van der Waals surface area contributed by atoms with Crippen molar-refractivity contribution in [1.29, 1.82) is 0 Å². The van der Waals surface area contributed by atoms with E-state index in [-0.39, 0.29) is 5.91 Å². The monoisotopic (exact) mass is 282 g/mol. The van der Waals surface area contributed by atoms with Gasteiger partial charge in [0.2, 0.25) is 5.91 Å². The Balaban J connectivity index is 2.27. The van der Waals surface area contributed by atoms with Crippen molar-refractivity contribution < 1.29 is 4.79 Å². The zero-order chi connectivity index (χ0) is 15.2. The predicted octanol–water partition coefficient (Wildman–Crippen LogP) is 3.34. The van der Waals surface area contributed by atoms with Gasteiger partial charge in [-0.25, -0.2) is 0 Å². The minimum Gasteiger partial charge on any atom is -0.355 e. The van der Waals surface area contributed by atoms with Crippen molar-refractivity contribution in [2.24, 2.45) is 17.3 Å². The van der Waals surface area contributed by atoms with Crippen LogP contribution in [0.4, 0.5) is 0 Å². The Morgan fingerprint density at radius 3 is 2.45 bits per heavy atom. The molecule has 1 amide bonds. The molecule has 0 bridgehead atoms. The van der Waals surface area contributed by atoms with Crippen LogP contribution in [0.5, 0.6) is 0 Å². The number of nitrogens with one attached hydrogen (secondary N) is 2. The Hall–Kier alpha value is -0.570. The van der Waals surface area contributed by atoms with E-state index in [0.29, 0.717) is 23.9 Å². The molecular formula is C17H34N2O. The molecule has 2 unspecified atom stereocenters. The molecule has 3 heteroatoms. The third kappa shape index (κ3) is 6.74. The smallest absolute Gasteiger partial charge is 0.233 e. The first-order valence-electron chi connectivity index (χ1n) is 8.29. The van der Waals surface area contributed by atoms with Crippen molar-refractivity contribution in [2.75, 3.05) is 13.1 Å². The van der Waals surface area contributed by atoms with Gasteiger partial charge in [-0.05, 0) is 42.9 Å². The Morgan fingerprint density at radius 2 is 1.85 bits per heavy atom. The zero-order valence-corrected chi connectivity index (χ0v) is 14.1. The van der Waals surface area contributed by atoms with E-state index in [1.807, 2.05) is 0 Å². The van der Waals surface area contributed by atoms with Crippen molar-refractivity contribution in [3.05, 3.63) is 0 Å². The normalized spacial score (nSPS) is 24.5. The Kier molecular flexibility index (Phi) is 7.01. The molecule has 20 heavy (non-hydrogen) atoms. The zero-order valence-electron chi connectivity index (χ0n) is 14.1. The highest BCUT2D eigenvalue weighted by molar-refractivity contribution is 5.77. The van der Waals surface area contributed by atoms with Gasteiger partial charge in [-0.3, -0.25) is 4.79 Å². The Morgan fingerprint density at radius 1 is 1.15 bits per heavy atom. The van der Waals surface area contributed by atoms with Crippen molar-refractivity contribution in [3.8, 4) is 0 Å². The number of hydrogen-bond donors (Lipinski definition) is 2. The van der Waals surface area contributed by atoms with Gasteiger partial charge in [-0.15, -0.1) is 0 Å². The molecule has 3 nitrogen and oxygen atoms in total. The van der Waals surface area contributed by atoms with Crippen molar-refractivity contribution >= 4 is 5.91 Å². The first-order valence-corrected chi connectivity index (χ1v) is 8.29. The van der Waals surface area contributed by atoms with Gasteiger partial charge in [0.1, 0.15) is 0 Å². The van der Waals surface area contributed by atoms with Crippen molar-refractivity contribution in [1.82, 2.24) is 10.6 Å². The molecule has 0 aliphatic heterocycles. The maximum atomic E-state index is 11.7. The number of carbonyl (C=O) groups is 1. The highest BCUT2D eigenvalue weighted by atomic mass is 16.1. The molecule has 2 N–H and O–H groups in total. The average molecular weight is 282 g/mol. The van der Waals surface area contributed by atoms with E-state index in [0.717, 1.165) is 12.5 Å². The number of amides is 1. The summed E-state index contributed by atoms with van der Waals surface area (Å²) in [7, 11) is 0. The van der Waals surface area contributed by atoms with Crippen LogP contribution in [-0.2, 0) is 4.79 Å². The fourth-order valence-corrected chi connectivity index (χ4v) is 2.99. The summed E-state index contributed by atoms with van der Waals surface area (Å²) in [5.41, 5.74) is 0.420. The Labute approximate surface area is 125 Å². The van der Waals surface area contributed by atoms with Crippen LogP contribution < -0.4 is 10.6 Å². The van der Waals surface area contributed by atoms with E-state index in [4.69, 9.17) is 0 Å². The van der Waals surface area contributed by atoms with Crippen LogP contribution in [-0.4, -0.2) is 25.0 Å². The largest absolute Gasteiger partial charge is 0.355 e. The minimum atomic E-state index is 0.135. The van der Waals surface area contributed by atoms with E-state index in [9.17, 15) is 4.79 Å². The number of carbonyl (C=O) groups excluding carboxylic acids is 1. The molecule has 0 aromatic carbocycles. The van der Waals surface area contributed by atoms with Crippen molar-refractivity contribution in [3.63, 3.8) is 0 Å². The first kappa shape index (κ1) is 17.5. The summed E-state index contributed by atoms with van der Waals surface area (Å²) < 4.78 is 0. The summed E-state index contributed by atoms with van der Waals surface area (Å²) in [6, 6.07) is 0.521. The summed E-state index contributed by atoms with van der Waals surface area (Å²) >= 11 is 0. The van der Waals surface area contributed by atoms with Crippen LogP contribution >= 0.6 is 0 Å². The molecule has 0 saturated heterocycles. The van der Waals surface area contributed by atoms with Gasteiger partial charge in [-0.1, -0.05) is 41.0 Å². The molecule has 2 atom stereocenters. The SMILES string of the molecule is CC(C)CNC(=O)CNC1CCCC(C(C)(C)C)CC1. The summed E-state index contributed by atoms with van der Waals surface area (Å²) in [5.74, 6) is 1.48. The van der Waals surface area contributed by atoms with E-state index in [2.05, 4.69) is 45.3 Å². The lowest BCUT2D eigenvalue weighted by Crippen LogP contribution is -2.40. The third-order valence-corrected chi connectivity index (χ3v) is 4.45. The van der Waals surface area contributed by atoms with Crippen molar-refractivity contribution in [2.45, 2.75) is 72.8 Å². The minimum absolute atomic E-state index is 0.135. The van der Waals surface area contributed by atoms with Gasteiger partial charge < -0.3 is 10.6 Å². The second kappa shape index (κ2) is 8.02. The third-order valence-electron chi connectivity index (χ3n) is 4.45. The first-order chi connectivity index (χ1) is 9.29. The van der Waals surface area contributed by atoms with Gasteiger partial charge in [0.15, 0.2) is 0 Å². The molecule has 0 spiro atoms. The predicted molar refractivity (Wildman–Crippen MR) is 85.7 cm³/mol. The van der Waals surface area contributed by atoms with Gasteiger partial charge >= 0.3 is 0 Å². The second-order valence-corrected chi connectivity index (χ2v) is 7.85. The molecule has 118 valence electrons. The van der Waals surface area contributed by atoms with E-state index < -0.39 is 0 Å². The maximum Gasteiger partial charge on any atom is 0.233 e. The quantitative estimate of drug-likeness (QED) is 0.759. The molecule has 1 saturated carbocycles. The van der Waals surface area contributed by atoms with Crippen LogP contribution in [0, 0.1) is 17.3 Å². The van der Waals surface area contributed by atoms with Gasteiger partial charge in [0.25, 0.3) is 0 Å². The lowest BCUT2D eigenvalue weighted by Gasteiger charge is -2.29. The Bertz CT molecular complexity index is 294. The molecule has 1 aliphatic rings. The van der Waals surface area contributed by atoms with Crippen LogP contribution in [0.15, 0.2) is 0 Å². The summed E-state index contributed by atoms with van der Waals surface area (Å²) in [5, 5.41) is 6.41. The number of hydrogen-bond acceptors (Lipinski definition) is 2. The fourth-order valence-electron chi connectivity index (χ4n) is 2.99. The average Bonchev–Trinajstić information content (AvgIpc) is 2.58. The van der Waals surface area contributed by atoms with Crippen LogP contribution in [0.1, 0.15) is 66.7 Å². The maximum absolute atomic E-state index is 11.7. The molecule has 1 aliphatic carbocycles. The lowest BCUT2D eigenvalue weighted by atomic mass is 9.76. The molecule has 0 aromatic heterocycles. The summed E-state index contributed by atoms with van der Waals surface area (Å²) in [4.78, 5) is 11.7. The van der Waals surface area contributed by atoms with E-state index in [1.165, 1.54) is 32.1 Å². The van der Waals surface area contributed by atoms with Crippen LogP contribution in [0.3, 0.4) is 0 Å². The van der Waals surface area contributed by atoms with E-state index >= 15 is 0 Å².